The van der Waals surface area contributed by atoms with Gasteiger partial charge in [-0.15, -0.1) is 0 Å². The molecule has 0 saturated carbocycles. The van der Waals surface area contributed by atoms with Gasteiger partial charge >= 0.3 is 0 Å². The fourth-order valence-corrected chi connectivity index (χ4v) is 1.41. The highest BCUT2D eigenvalue weighted by atomic mass is 16.3. The molecular formula is C12H16O. The summed E-state index contributed by atoms with van der Waals surface area (Å²) in [5.41, 5.74) is 3.15. The van der Waals surface area contributed by atoms with Crippen LogP contribution in [-0.4, -0.2) is 5.11 Å². The average molecular weight is 176 g/mol. The van der Waals surface area contributed by atoms with Crippen LogP contribution in [-0.2, 0) is 0 Å². The summed E-state index contributed by atoms with van der Waals surface area (Å²) in [4.78, 5) is 0. The number of phenols is 1. The Morgan fingerprint density at radius 2 is 2.00 bits per heavy atom. The van der Waals surface area contributed by atoms with Gasteiger partial charge in [-0.2, -0.15) is 0 Å². The normalized spacial score (nSPS) is 10.5. The van der Waals surface area contributed by atoms with Gasteiger partial charge in [-0.25, -0.2) is 0 Å². The van der Waals surface area contributed by atoms with Crippen LogP contribution in [0, 0.1) is 6.92 Å². The van der Waals surface area contributed by atoms with Crippen molar-refractivity contribution in [2.75, 3.05) is 0 Å². The van der Waals surface area contributed by atoms with E-state index < -0.39 is 0 Å². The Kier molecular flexibility index (Phi) is 2.76. The summed E-state index contributed by atoms with van der Waals surface area (Å²) in [5, 5.41) is 9.65. The number of benzene rings is 1. The first-order valence-corrected chi connectivity index (χ1v) is 4.52. The van der Waals surface area contributed by atoms with Crippen molar-refractivity contribution in [1.82, 2.24) is 0 Å². The van der Waals surface area contributed by atoms with Crippen LogP contribution in [0.3, 0.4) is 0 Å². The third-order valence-electron chi connectivity index (χ3n) is 2.26. The Morgan fingerprint density at radius 1 is 1.38 bits per heavy atom. The zero-order valence-corrected chi connectivity index (χ0v) is 8.46. The summed E-state index contributed by atoms with van der Waals surface area (Å²) < 4.78 is 0. The lowest BCUT2D eigenvalue weighted by atomic mass is 9.97. The van der Waals surface area contributed by atoms with Gasteiger partial charge in [0, 0.05) is 0 Å². The first-order chi connectivity index (χ1) is 6.06. The van der Waals surface area contributed by atoms with Crippen LogP contribution >= 0.6 is 0 Å². The summed E-state index contributed by atoms with van der Waals surface area (Å²) in [6, 6.07) is 3.80. The Bertz CT molecular complexity index is 324. The third kappa shape index (κ3) is 1.92. The summed E-state index contributed by atoms with van der Waals surface area (Å²) in [6.45, 7) is 9.85. The number of aryl methyl sites for hydroxylation is 1. The molecule has 13 heavy (non-hydrogen) atoms. The van der Waals surface area contributed by atoms with Crippen LogP contribution in [0.1, 0.15) is 36.5 Å². The van der Waals surface area contributed by atoms with Gasteiger partial charge < -0.3 is 5.11 Å². The van der Waals surface area contributed by atoms with Crippen LogP contribution in [0.25, 0.3) is 6.08 Å². The van der Waals surface area contributed by atoms with Gasteiger partial charge in [0.05, 0.1) is 0 Å². The number of hydrogen-bond acceptors (Lipinski definition) is 1. The maximum Gasteiger partial charge on any atom is 0.119 e. The van der Waals surface area contributed by atoms with Gasteiger partial charge in [-0.3, -0.25) is 0 Å². The molecule has 0 aliphatic carbocycles. The van der Waals surface area contributed by atoms with Crippen molar-refractivity contribution in [1.29, 1.82) is 0 Å². The highest BCUT2D eigenvalue weighted by Gasteiger charge is 2.07. The van der Waals surface area contributed by atoms with Crippen molar-refractivity contribution in [3.8, 4) is 5.75 Å². The van der Waals surface area contributed by atoms with Crippen molar-refractivity contribution < 1.29 is 5.11 Å². The Labute approximate surface area is 79.7 Å². The predicted octanol–water partition coefficient (Wildman–Crippen LogP) is 3.47. The molecule has 0 amide bonds. The lowest BCUT2D eigenvalue weighted by molar-refractivity contribution is 0.464. The molecule has 0 aliphatic rings. The van der Waals surface area contributed by atoms with E-state index >= 15 is 0 Å². The minimum absolute atomic E-state index is 0.347. The van der Waals surface area contributed by atoms with E-state index in [2.05, 4.69) is 20.4 Å². The molecular weight excluding hydrogens is 160 g/mol. The van der Waals surface area contributed by atoms with E-state index in [0.29, 0.717) is 11.7 Å². The summed E-state index contributed by atoms with van der Waals surface area (Å²) >= 11 is 0. The molecule has 1 aromatic carbocycles. The van der Waals surface area contributed by atoms with Crippen molar-refractivity contribution in [3.63, 3.8) is 0 Å². The van der Waals surface area contributed by atoms with Crippen LogP contribution in [0.15, 0.2) is 18.7 Å². The second-order valence-corrected chi connectivity index (χ2v) is 3.63. The van der Waals surface area contributed by atoms with E-state index in [4.69, 9.17) is 0 Å². The van der Waals surface area contributed by atoms with Gasteiger partial charge in [0.25, 0.3) is 0 Å². The largest absolute Gasteiger partial charge is 0.508 e. The lowest BCUT2D eigenvalue weighted by Gasteiger charge is -2.11. The van der Waals surface area contributed by atoms with E-state index in [9.17, 15) is 5.11 Å². The molecule has 0 atom stereocenters. The first kappa shape index (κ1) is 9.85. The smallest absolute Gasteiger partial charge is 0.119 e. The van der Waals surface area contributed by atoms with E-state index in [1.807, 2.05) is 19.1 Å². The monoisotopic (exact) mass is 176 g/mol. The average Bonchev–Trinajstić information content (AvgIpc) is 2.03. The molecule has 0 radical (unpaired) electrons. The fourth-order valence-electron chi connectivity index (χ4n) is 1.41. The van der Waals surface area contributed by atoms with E-state index in [1.54, 1.807) is 6.07 Å². The molecule has 0 bridgehead atoms. The lowest BCUT2D eigenvalue weighted by Crippen LogP contribution is -1.91. The molecule has 0 aromatic heterocycles. The molecule has 1 heteroatoms. The fraction of sp³-hybridized carbons (Fsp3) is 0.333. The van der Waals surface area contributed by atoms with Gasteiger partial charge in [0.15, 0.2) is 0 Å². The molecule has 0 unspecified atom stereocenters. The molecule has 0 heterocycles. The molecule has 1 rings (SSSR count). The van der Waals surface area contributed by atoms with Gasteiger partial charge in [-0.1, -0.05) is 26.5 Å². The first-order valence-electron chi connectivity index (χ1n) is 4.52. The standard InChI is InChI=1S/C12H16O/c1-5-10-7-11(8(2)3)12(13)6-9(10)4/h5-8,13H,1H2,2-4H3. The molecule has 0 spiro atoms. The Morgan fingerprint density at radius 3 is 2.46 bits per heavy atom. The van der Waals surface area contributed by atoms with Crippen molar-refractivity contribution in [3.05, 3.63) is 35.4 Å². The molecule has 0 saturated heterocycles. The summed E-state index contributed by atoms with van der Waals surface area (Å²) in [5.74, 6) is 0.734. The number of rotatable bonds is 2. The molecule has 0 aliphatic heterocycles. The highest BCUT2D eigenvalue weighted by Crippen LogP contribution is 2.28. The van der Waals surface area contributed by atoms with Gasteiger partial charge in [0.1, 0.15) is 5.75 Å². The Balaban J connectivity index is 3.30. The predicted molar refractivity (Wildman–Crippen MR) is 57.0 cm³/mol. The highest BCUT2D eigenvalue weighted by molar-refractivity contribution is 5.56. The second-order valence-electron chi connectivity index (χ2n) is 3.63. The number of phenolic OH excluding ortho intramolecular Hbond substituents is 1. The van der Waals surface area contributed by atoms with Gasteiger partial charge in [0.2, 0.25) is 0 Å². The van der Waals surface area contributed by atoms with Crippen molar-refractivity contribution >= 4 is 6.08 Å². The van der Waals surface area contributed by atoms with Crippen molar-refractivity contribution in [2.24, 2.45) is 0 Å². The van der Waals surface area contributed by atoms with Crippen LogP contribution in [0.4, 0.5) is 0 Å². The molecule has 1 aromatic rings. The molecule has 1 nitrogen and oxygen atoms in total. The van der Waals surface area contributed by atoms with Crippen LogP contribution in [0.2, 0.25) is 0 Å². The Hall–Kier alpha value is -1.24. The number of aromatic hydroxyl groups is 1. The van der Waals surface area contributed by atoms with E-state index in [1.165, 1.54) is 0 Å². The zero-order valence-electron chi connectivity index (χ0n) is 8.46. The van der Waals surface area contributed by atoms with Crippen molar-refractivity contribution in [2.45, 2.75) is 26.7 Å². The molecule has 1 N–H and O–H groups in total. The number of hydrogen-bond donors (Lipinski definition) is 1. The molecule has 70 valence electrons. The van der Waals surface area contributed by atoms with E-state index in [-0.39, 0.29) is 0 Å². The van der Waals surface area contributed by atoms with Gasteiger partial charge in [-0.05, 0) is 41.7 Å². The second kappa shape index (κ2) is 3.65. The minimum Gasteiger partial charge on any atom is -0.508 e. The zero-order chi connectivity index (χ0) is 10.0. The maximum absolute atomic E-state index is 9.65. The third-order valence-corrected chi connectivity index (χ3v) is 2.26. The van der Waals surface area contributed by atoms with Crippen LogP contribution in [0.5, 0.6) is 5.75 Å². The van der Waals surface area contributed by atoms with Crippen LogP contribution < -0.4 is 0 Å². The topological polar surface area (TPSA) is 20.2 Å². The maximum atomic E-state index is 9.65. The minimum atomic E-state index is 0.347. The quantitative estimate of drug-likeness (QED) is 0.731. The summed E-state index contributed by atoms with van der Waals surface area (Å²) in [7, 11) is 0. The summed E-state index contributed by atoms with van der Waals surface area (Å²) in [6.07, 6.45) is 1.82. The van der Waals surface area contributed by atoms with E-state index in [0.717, 1.165) is 16.7 Å². The SMILES string of the molecule is C=Cc1cc(C(C)C)c(O)cc1C. The molecule has 0 fully saturated rings.